The smallest absolute Gasteiger partial charge is 0.239 e. The third-order valence-corrected chi connectivity index (χ3v) is 5.23. The largest absolute Gasteiger partial charge is 0.338 e. The van der Waals surface area contributed by atoms with E-state index in [0.29, 0.717) is 18.0 Å². The quantitative estimate of drug-likeness (QED) is 0.850. The van der Waals surface area contributed by atoms with Crippen molar-refractivity contribution < 1.29 is 4.79 Å². The minimum Gasteiger partial charge on any atom is -0.338 e. The molecule has 3 unspecified atom stereocenters. The van der Waals surface area contributed by atoms with Crippen molar-refractivity contribution in [2.75, 3.05) is 12.8 Å². The van der Waals surface area contributed by atoms with Gasteiger partial charge in [-0.15, -0.1) is 0 Å². The number of thioether (sulfide) groups is 1. The molecule has 0 aromatic carbocycles. The van der Waals surface area contributed by atoms with Crippen molar-refractivity contribution in [2.24, 2.45) is 0 Å². The lowest BCUT2D eigenvalue weighted by molar-refractivity contribution is -0.138. The number of carbonyl (C=O) groups is 1. The zero-order valence-electron chi connectivity index (χ0n) is 11.8. The second kappa shape index (κ2) is 6.29. The van der Waals surface area contributed by atoms with E-state index in [1.54, 1.807) is 0 Å². The van der Waals surface area contributed by atoms with Gasteiger partial charge in [0.2, 0.25) is 5.91 Å². The van der Waals surface area contributed by atoms with Gasteiger partial charge in [-0.1, -0.05) is 13.8 Å². The Bertz CT molecular complexity index is 296. The zero-order valence-corrected chi connectivity index (χ0v) is 12.6. The van der Waals surface area contributed by atoms with Gasteiger partial charge in [0.25, 0.3) is 0 Å². The standard InChI is InChI=1S/C14H26N2OS/c1-10(2)15-13-5-4-8-16(14(13)17)11-6-7-12(9-11)18-3/h10-13,15H,4-9H2,1-3H3. The highest BCUT2D eigenvalue weighted by Crippen LogP contribution is 2.33. The van der Waals surface area contributed by atoms with Crippen LogP contribution < -0.4 is 5.32 Å². The summed E-state index contributed by atoms with van der Waals surface area (Å²) in [6.07, 6.45) is 8.02. The topological polar surface area (TPSA) is 32.3 Å². The molecule has 1 saturated heterocycles. The number of piperidine rings is 1. The van der Waals surface area contributed by atoms with Crippen LogP contribution in [0.15, 0.2) is 0 Å². The maximum Gasteiger partial charge on any atom is 0.239 e. The van der Waals surface area contributed by atoms with Gasteiger partial charge < -0.3 is 10.2 Å². The highest BCUT2D eigenvalue weighted by Gasteiger charge is 2.36. The predicted molar refractivity (Wildman–Crippen MR) is 77.9 cm³/mol. The van der Waals surface area contributed by atoms with Crippen molar-refractivity contribution in [1.82, 2.24) is 10.2 Å². The van der Waals surface area contributed by atoms with Gasteiger partial charge >= 0.3 is 0 Å². The van der Waals surface area contributed by atoms with Crippen LogP contribution in [0, 0.1) is 0 Å². The Morgan fingerprint density at radius 1 is 1.33 bits per heavy atom. The monoisotopic (exact) mass is 270 g/mol. The lowest BCUT2D eigenvalue weighted by atomic mass is 10.0. The summed E-state index contributed by atoms with van der Waals surface area (Å²) < 4.78 is 0. The van der Waals surface area contributed by atoms with E-state index >= 15 is 0 Å². The molecule has 1 saturated carbocycles. The summed E-state index contributed by atoms with van der Waals surface area (Å²) in [5.41, 5.74) is 0. The number of amides is 1. The predicted octanol–water partition coefficient (Wildman–Crippen LogP) is 2.26. The SMILES string of the molecule is CSC1CCC(N2CCCC(NC(C)C)C2=O)C1. The number of carbonyl (C=O) groups excluding carboxylic acids is 1. The second-order valence-corrected chi connectivity index (χ2v) is 7.01. The van der Waals surface area contributed by atoms with Crippen LogP contribution in [0.4, 0.5) is 0 Å². The first-order valence-electron chi connectivity index (χ1n) is 7.21. The molecule has 4 heteroatoms. The maximum absolute atomic E-state index is 12.5. The van der Waals surface area contributed by atoms with Crippen LogP contribution in [0.3, 0.4) is 0 Å². The summed E-state index contributed by atoms with van der Waals surface area (Å²) in [4.78, 5) is 14.7. The summed E-state index contributed by atoms with van der Waals surface area (Å²) in [6, 6.07) is 0.959. The van der Waals surface area contributed by atoms with Gasteiger partial charge in [-0.25, -0.2) is 0 Å². The Labute approximate surface area is 115 Å². The van der Waals surface area contributed by atoms with Crippen LogP contribution in [0.2, 0.25) is 0 Å². The third kappa shape index (κ3) is 3.21. The molecular formula is C14H26N2OS. The minimum absolute atomic E-state index is 0.0621. The Morgan fingerprint density at radius 3 is 2.72 bits per heavy atom. The Morgan fingerprint density at radius 2 is 2.11 bits per heavy atom. The van der Waals surface area contributed by atoms with Crippen molar-refractivity contribution in [1.29, 1.82) is 0 Å². The molecule has 0 aromatic heterocycles. The van der Waals surface area contributed by atoms with Crippen LogP contribution in [0.25, 0.3) is 0 Å². The molecule has 0 radical (unpaired) electrons. The van der Waals surface area contributed by atoms with Crippen molar-refractivity contribution in [3.05, 3.63) is 0 Å². The molecule has 2 aliphatic rings. The van der Waals surface area contributed by atoms with E-state index in [-0.39, 0.29) is 6.04 Å². The average molecular weight is 270 g/mol. The molecule has 1 aliphatic carbocycles. The Balaban J connectivity index is 1.94. The first kappa shape index (κ1) is 14.2. The van der Waals surface area contributed by atoms with Gasteiger partial charge in [-0.2, -0.15) is 11.8 Å². The zero-order chi connectivity index (χ0) is 13.1. The highest BCUT2D eigenvalue weighted by atomic mass is 32.2. The lowest BCUT2D eigenvalue weighted by Crippen LogP contribution is -2.55. The van der Waals surface area contributed by atoms with Gasteiger partial charge in [-0.05, 0) is 38.4 Å². The Hall–Kier alpha value is -0.220. The number of hydrogen-bond acceptors (Lipinski definition) is 3. The Kier molecular flexibility index (Phi) is 4.96. The van der Waals surface area contributed by atoms with E-state index in [1.807, 2.05) is 11.8 Å². The second-order valence-electron chi connectivity index (χ2n) is 5.87. The fourth-order valence-electron chi connectivity index (χ4n) is 3.23. The van der Waals surface area contributed by atoms with Crippen molar-refractivity contribution in [3.8, 4) is 0 Å². The molecule has 1 amide bonds. The van der Waals surface area contributed by atoms with Gasteiger partial charge in [0, 0.05) is 23.9 Å². The maximum atomic E-state index is 12.5. The van der Waals surface area contributed by atoms with Crippen molar-refractivity contribution in [2.45, 2.75) is 69.3 Å². The molecule has 3 atom stereocenters. The number of likely N-dealkylation sites (tertiary alicyclic amines) is 1. The third-order valence-electron chi connectivity index (χ3n) is 4.14. The first-order chi connectivity index (χ1) is 8.61. The average Bonchev–Trinajstić information content (AvgIpc) is 2.80. The van der Waals surface area contributed by atoms with Crippen molar-refractivity contribution >= 4 is 17.7 Å². The summed E-state index contributed by atoms with van der Waals surface area (Å²) in [5, 5.41) is 4.18. The molecule has 2 fully saturated rings. The molecule has 0 bridgehead atoms. The molecule has 1 N–H and O–H groups in total. The molecule has 0 spiro atoms. The molecular weight excluding hydrogens is 244 g/mol. The van der Waals surface area contributed by atoms with E-state index in [2.05, 4.69) is 30.3 Å². The number of rotatable bonds is 4. The molecule has 1 aliphatic heterocycles. The molecule has 2 rings (SSSR count). The number of nitrogens with zero attached hydrogens (tertiary/aromatic N) is 1. The summed E-state index contributed by atoms with van der Waals surface area (Å²) >= 11 is 1.96. The van der Waals surface area contributed by atoms with Crippen LogP contribution in [0.5, 0.6) is 0 Å². The van der Waals surface area contributed by atoms with Gasteiger partial charge in [0.05, 0.1) is 6.04 Å². The van der Waals surface area contributed by atoms with E-state index in [9.17, 15) is 4.79 Å². The normalized spacial score (nSPS) is 33.4. The highest BCUT2D eigenvalue weighted by molar-refractivity contribution is 7.99. The van der Waals surface area contributed by atoms with Crippen LogP contribution >= 0.6 is 11.8 Å². The van der Waals surface area contributed by atoms with Gasteiger partial charge in [0.1, 0.15) is 0 Å². The fraction of sp³-hybridized carbons (Fsp3) is 0.929. The molecule has 18 heavy (non-hydrogen) atoms. The minimum atomic E-state index is 0.0621. The summed E-state index contributed by atoms with van der Waals surface area (Å²) in [7, 11) is 0. The lowest BCUT2D eigenvalue weighted by Gasteiger charge is -2.37. The van der Waals surface area contributed by atoms with E-state index < -0.39 is 0 Å². The molecule has 1 heterocycles. The molecule has 0 aromatic rings. The fourth-order valence-corrected chi connectivity index (χ4v) is 4.02. The van der Waals surface area contributed by atoms with Gasteiger partial charge in [0.15, 0.2) is 0 Å². The number of nitrogens with one attached hydrogen (secondary N) is 1. The summed E-state index contributed by atoms with van der Waals surface area (Å²) in [6.45, 7) is 5.21. The first-order valence-corrected chi connectivity index (χ1v) is 8.50. The molecule has 3 nitrogen and oxygen atoms in total. The summed E-state index contributed by atoms with van der Waals surface area (Å²) in [5.74, 6) is 0.349. The van der Waals surface area contributed by atoms with E-state index in [1.165, 1.54) is 19.3 Å². The van der Waals surface area contributed by atoms with E-state index in [0.717, 1.165) is 24.6 Å². The molecule has 104 valence electrons. The van der Waals surface area contributed by atoms with Crippen molar-refractivity contribution in [3.63, 3.8) is 0 Å². The van der Waals surface area contributed by atoms with Crippen LogP contribution in [-0.4, -0.2) is 47.0 Å². The van der Waals surface area contributed by atoms with Gasteiger partial charge in [-0.3, -0.25) is 4.79 Å². The number of hydrogen-bond donors (Lipinski definition) is 1. The van der Waals surface area contributed by atoms with Crippen LogP contribution in [-0.2, 0) is 4.79 Å². The van der Waals surface area contributed by atoms with Crippen LogP contribution in [0.1, 0.15) is 46.0 Å². The van der Waals surface area contributed by atoms with E-state index in [4.69, 9.17) is 0 Å².